The molecule has 1 spiro atoms. The van der Waals surface area contributed by atoms with E-state index in [1.807, 2.05) is 18.2 Å². The minimum absolute atomic E-state index is 0. The zero-order valence-electron chi connectivity index (χ0n) is 13.7. The van der Waals surface area contributed by atoms with Crippen LogP contribution in [0.5, 0.6) is 0 Å². The molecule has 1 aliphatic carbocycles. The van der Waals surface area contributed by atoms with Crippen LogP contribution in [0, 0.1) is 0 Å². The van der Waals surface area contributed by atoms with Gasteiger partial charge in [0.25, 0.3) is 0 Å². The van der Waals surface area contributed by atoms with Crippen molar-refractivity contribution < 1.29 is 13.2 Å². The molecule has 0 radical (unpaired) electrons. The van der Waals surface area contributed by atoms with Crippen molar-refractivity contribution in [2.75, 3.05) is 25.0 Å². The molecule has 0 bridgehead atoms. The first-order valence-corrected chi connectivity index (χ1v) is 8.10. The highest BCUT2D eigenvalue weighted by molar-refractivity contribution is 14.0. The first-order chi connectivity index (χ1) is 11.0. The van der Waals surface area contributed by atoms with Gasteiger partial charge >= 0.3 is 6.18 Å². The van der Waals surface area contributed by atoms with Crippen molar-refractivity contribution in [1.29, 1.82) is 0 Å². The SMILES string of the molecule is CN=C(NCCC(F)(F)F)N1CC2(CCCC2)c2ccccc21.I. The third-order valence-corrected chi connectivity index (χ3v) is 4.95. The van der Waals surface area contributed by atoms with E-state index in [0.717, 1.165) is 25.1 Å². The molecule has 2 aliphatic rings. The Labute approximate surface area is 157 Å². The summed E-state index contributed by atoms with van der Waals surface area (Å²) >= 11 is 0. The zero-order valence-corrected chi connectivity index (χ0v) is 16.0. The lowest BCUT2D eigenvalue weighted by atomic mass is 9.81. The standard InChI is InChI=1S/C17H22F3N3.HI/c1-21-15(22-11-10-17(18,19)20)23-12-16(8-4-5-9-16)13-6-2-3-7-14(13)23;/h2-3,6-7H,4-5,8-12H2,1H3,(H,21,22);1H. The molecule has 1 N–H and O–H groups in total. The van der Waals surface area contributed by atoms with E-state index >= 15 is 0 Å². The number of nitrogens with one attached hydrogen (secondary N) is 1. The van der Waals surface area contributed by atoms with Crippen LogP contribution in [0.15, 0.2) is 29.3 Å². The fourth-order valence-electron chi connectivity index (χ4n) is 3.91. The number of anilines is 1. The first-order valence-electron chi connectivity index (χ1n) is 8.10. The Hall–Kier alpha value is -0.990. The summed E-state index contributed by atoms with van der Waals surface area (Å²) in [6.45, 7) is 0.653. The van der Waals surface area contributed by atoms with Gasteiger partial charge in [0.05, 0.1) is 6.42 Å². The predicted molar refractivity (Wildman–Crippen MR) is 101 cm³/mol. The second-order valence-corrected chi connectivity index (χ2v) is 6.43. The monoisotopic (exact) mass is 453 g/mol. The zero-order chi connectivity index (χ0) is 16.5. The third kappa shape index (κ3) is 3.81. The summed E-state index contributed by atoms with van der Waals surface area (Å²) in [5.41, 5.74) is 2.53. The van der Waals surface area contributed by atoms with Crippen molar-refractivity contribution in [2.45, 2.75) is 43.7 Å². The number of rotatable bonds is 2. The number of benzene rings is 1. The molecule has 24 heavy (non-hydrogen) atoms. The third-order valence-electron chi connectivity index (χ3n) is 4.95. The summed E-state index contributed by atoms with van der Waals surface area (Å²) in [6, 6.07) is 8.22. The van der Waals surface area contributed by atoms with E-state index in [-0.39, 0.29) is 35.9 Å². The molecule has 7 heteroatoms. The molecule has 1 aromatic carbocycles. The minimum Gasteiger partial charge on any atom is -0.356 e. The van der Waals surface area contributed by atoms with Crippen molar-refractivity contribution in [3.05, 3.63) is 29.8 Å². The largest absolute Gasteiger partial charge is 0.390 e. The van der Waals surface area contributed by atoms with Crippen molar-refractivity contribution in [3.8, 4) is 0 Å². The van der Waals surface area contributed by atoms with Crippen molar-refractivity contribution in [1.82, 2.24) is 5.32 Å². The maximum Gasteiger partial charge on any atom is 0.390 e. The Morgan fingerprint density at radius 3 is 2.54 bits per heavy atom. The molecule has 0 aromatic heterocycles. The summed E-state index contributed by atoms with van der Waals surface area (Å²) < 4.78 is 37.1. The highest BCUT2D eigenvalue weighted by atomic mass is 127. The first kappa shape index (κ1) is 19.3. The lowest BCUT2D eigenvalue weighted by molar-refractivity contribution is -0.132. The van der Waals surface area contributed by atoms with Crippen LogP contribution in [0.25, 0.3) is 0 Å². The number of hydrogen-bond acceptors (Lipinski definition) is 1. The number of hydrogen-bond donors (Lipinski definition) is 1. The molecule has 1 aliphatic heterocycles. The summed E-state index contributed by atoms with van der Waals surface area (Å²) in [6.07, 6.45) is -0.307. The van der Waals surface area contributed by atoms with Gasteiger partial charge in [-0.15, -0.1) is 24.0 Å². The summed E-state index contributed by atoms with van der Waals surface area (Å²) in [7, 11) is 1.62. The van der Waals surface area contributed by atoms with E-state index in [1.165, 1.54) is 18.4 Å². The molecule has 0 saturated heterocycles. The van der Waals surface area contributed by atoms with Crippen molar-refractivity contribution >= 4 is 35.6 Å². The van der Waals surface area contributed by atoms with Gasteiger partial charge in [-0.25, -0.2) is 0 Å². The van der Waals surface area contributed by atoms with Crippen LogP contribution >= 0.6 is 24.0 Å². The molecule has 1 fully saturated rings. The maximum atomic E-state index is 12.4. The van der Waals surface area contributed by atoms with Crippen LogP contribution in [-0.2, 0) is 5.41 Å². The Morgan fingerprint density at radius 1 is 1.25 bits per heavy atom. The van der Waals surface area contributed by atoms with E-state index in [1.54, 1.807) is 7.05 Å². The van der Waals surface area contributed by atoms with Crippen molar-refractivity contribution in [3.63, 3.8) is 0 Å². The van der Waals surface area contributed by atoms with E-state index < -0.39 is 12.6 Å². The number of aliphatic imine (C=N–C) groups is 1. The Kier molecular flexibility index (Phi) is 6.04. The van der Waals surface area contributed by atoms with Gasteiger partial charge < -0.3 is 10.2 Å². The van der Waals surface area contributed by atoms with Crippen LogP contribution in [-0.4, -0.2) is 32.3 Å². The van der Waals surface area contributed by atoms with Crippen molar-refractivity contribution in [2.24, 2.45) is 4.99 Å². The maximum absolute atomic E-state index is 12.4. The molecule has 134 valence electrons. The molecule has 1 heterocycles. The van der Waals surface area contributed by atoms with E-state index in [0.29, 0.717) is 5.96 Å². The number of alkyl halides is 3. The van der Waals surface area contributed by atoms with Crippen LogP contribution < -0.4 is 10.2 Å². The summed E-state index contributed by atoms with van der Waals surface area (Å²) in [5, 5.41) is 2.87. The van der Waals surface area contributed by atoms with Gasteiger partial charge in [0.1, 0.15) is 0 Å². The smallest absolute Gasteiger partial charge is 0.356 e. The molecule has 0 unspecified atom stereocenters. The molecule has 1 saturated carbocycles. The Balaban J connectivity index is 0.00000208. The number of guanidine groups is 1. The number of halogens is 4. The molecule has 0 amide bonds. The molecule has 0 atom stereocenters. The lowest BCUT2D eigenvalue weighted by Gasteiger charge is -2.26. The Morgan fingerprint density at radius 2 is 1.92 bits per heavy atom. The number of para-hydroxylation sites is 1. The van der Waals surface area contributed by atoms with Gasteiger partial charge in [-0.2, -0.15) is 13.2 Å². The normalized spacial score (nSPS) is 19.3. The van der Waals surface area contributed by atoms with E-state index in [9.17, 15) is 13.2 Å². The quantitative estimate of drug-likeness (QED) is 0.407. The van der Waals surface area contributed by atoms with Crippen LogP contribution in [0.2, 0.25) is 0 Å². The predicted octanol–water partition coefficient (Wildman–Crippen LogP) is 4.46. The fraction of sp³-hybridized carbons (Fsp3) is 0.588. The van der Waals surface area contributed by atoms with Crippen LogP contribution in [0.4, 0.5) is 18.9 Å². The number of nitrogens with zero attached hydrogens (tertiary/aromatic N) is 2. The molecule has 3 rings (SSSR count). The molecular formula is C17H23F3IN3. The Bertz CT molecular complexity index is 595. The second kappa shape index (κ2) is 7.49. The summed E-state index contributed by atoms with van der Waals surface area (Å²) in [4.78, 5) is 6.26. The highest BCUT2D eigenvalue weighted by Crippen LogP contribution is 2.50. The van der Waals surface area contributed by atoms with Gasteiger partial charge in [-0.3, -0.25) is 4.99 Å². The highest BCUT2D eigenvalue weighted by Gasteiger charge is 2.45. The molecule has 3 nitrogen and oxygen atoms in total. The van der Waals surface area contributed by atoms with Gasteiger partial charge in [0.15, 0.2) is 5.96 Å². The number of fused-ring (bicyclic) bond motifs is 2. The van der Waals surface area contributed by atoms with Gasteiger partial charge in [0.2, 0.25) is 0 Å². The average molecular weight is 453 g/mol. The summed E-state index contributed by atoms with van der Waals surface area (Å²) in [5.74, 6) is 0.533. The topological polar surface area (TPSA) is 27.6 Å². The molecular weight excluding hydrogens is 430 g/mol. The van der Waals surface area contributed by atoms with E-state index in [2.05, 4.69) is 21.3 Å². The van der Waals surface area contributed by atoms with E-state index in [4.69, 9.17) is 0 Å². The fourth-order valence-corrected chi connectivity index (χ4v) is 3.91. The molecule has 1 aromatic rings. The average Bonchev–Trinajstić information content (AvgIpc) is 3.10. The second-order valence-electron chi connectivity index (χ2n) is 6.43. The van der Waals surface area contributed by atoms with Crippen LogP contribution in [0.3, 0.4) is 0 Å². The van der Waals surface area contributed by atoms with Gasteiger partial charge in [0, 0.05) is 31.2 Å². The lowest BCUT2D eigenvalue weighted by Crippen LogP contribution is -2.44. The van der Waals surface area contributed by atoms with Gasteiger partial charge in [-0.1, -0.05) is 31.0 Å². The van der Waals surface area contributed by atoms with Crippen LogP contribution in [0.1, 0.15) is 37.7 Å². The minimum atomic E-state index is -4.15. The van der Waals surface area contributed by atoms with Gasteiger partial charge in [-0.05, 0) is 24.5 Å².